The fraction of sp³-hybridized carbons (Fsp3) is 0.831. The third-order valence-electron chi connectivity index (χ3n) is 21.3. The standard InChI is InChI=1S/C65H103ClF3N11O11/c1-11-39(4)53-62(90)74(7)37-52(82)78-33-28-49(78)60(88)76(9)50(36-42-20-13-12-14-21-42)61(89)80-31-18-15-22-47(80)56(84)71-46(27-25-43-24-26-44(45(66)35-43)65(67,68)69)59(87)79-32-19-23-48(79)57(85)73-64(29-16-17-30-64)63(91)77(10)54(38(2)3)58(86)70-40(5)34-51(81)75(8)41(6)55(83)72-53/h38-50,53-54H,11-37H2,1-10H3,(H,70,86)(H,71,84)(H,72,83)(H,73,85)/t39-,40+,41-,43?,44?,45?,46-,47+,48-,49-,50-,53-,54-/m0/s1. The van der Waals surface area contributed by atoms with Crippen LogP contribution in [0.5, 0.6) is 0 Å². The van der Waals surface area contributed by atoms with Gasteiger partial charge in [0.15, 0.2) is 0 Å². The number of rotatable bonds is 8. The first-order valence-corrected chi connectivity index (χ1v) is 34.2. The van der Waals surface area contributed by atoms with E-state index >= 15 is 19.2 Å². The van der Waals surface area contributed by atoms with Gasteiger partial charge < -0.3 is 55.6 Å². The highest BCUT2D eigenvalue weighted by Gasteiger charge is 2.52. The number of nitrogens with one attached hydrogen (secondary N) is 4. The number of amides is 11. The Bertz CT molecular complexity index is 2660. The van der Waals surface area contributed by atoms with Crippen LogP contribution in [-0.4, -0.2) is 225 Å². The number of hydrogen-bond acceptors (Lipinski definition) is 11. The molecule has 11 amide bonds. The Morgan fingerprint density at radius 1 is 0.582 bits per heavy atom. The van der Waals surface area contributed by atoms with E-state index in [0.717, 1.165) is 32.1 Å². The number of piperidine rings is 1. The highest BCUT2D eigenvalue weighted by atomic mass is 35.5. The summed E-state index contributed by atoms with van der Waals surface area (Å²) in [5.41, 5.74) is -1.47. The van der Waals surface area contributed by atoms with Crippen molar-refractivity contribution in [3.05, 3.63) is 0 Å². The summed E-state index contributed by atoms with van der Waals surface area (Å²) in [7, 11) is 5.90. The van der Waals surface area contributed by atoms with Crippen LogP contribution in [0.3, 0.4) is 0 Å². The lowest BCUT2D eigenvalue weighted by Gasteiger charge is -2.45. The Morgan fingerprint density at radius 3 is 1.82 bits per heavy atom. The van der Waals surface area contributed by atoms with Crippen LogP contribution in [0.25, 0.3) is 0 Å². The molecule has 4 saturated heterocycles. The predicted octanol–water partition coefficient (Wildman–Crippen LogP) is 5.26. The number of carbonyl (C=O) groups is 11. The topological polar surface area (TPSA) is 259 Å². The van der Waals surface area contributed by atoms with Crippen molar-refractivity contribution < 1.29 is 65.9 Å². The van der Waals surface area contributed by atoms with E-state index in [1.807, 2.05) is 6.92 Å². The van der Waals surface area contributed by atoms with Crippen molar-refractivity contribution >= 4 is 76.6 Å². The summed E-state index contributed by atoms with van der Waals surface area (Å²) in [5, 5.41) is 10.5. The molecule has 7 fully saturated rings. The van der Waals surface area contributed by atoms with Gasteiger partial charge in [-0.15, -0.1) is 11.6 Å². The van der Waals surface area contributed by atoms with E-state index in [9.17, 15) is 46.7 Å². The lowest BCUT2D eigenvalue weighted by Crippen LogP contribution is -2.65. The molecule has 7 aliphatic rings. The highest BCUT2D eigenvalue weighted by Crippen LogP contribution is 2.44. The molecule has 3 aliphatic carbocycles. The summed E-state index contributed by atoms with van der Waals surface area (Å²) in [6.07, 6.45) is 4.54. The van der Waals surface area contributed by atoms with Gasteiger partial charge in [-0.25, -0.2) is 0 Å². The Morgan fingerprint density at radius 2 is 1.21 bits per heavy atom. The van der Waals surface area contributed by atoms with Gasteiger partial charge in [0, 0.05) is 65.7 Å². The molecule has 0 aromatic rings. The van der Waals surface area contributed by atoms with E-state index < -0.39 is 161 Å². The number of nitrogens with zero attached hydrogens (tertiary/aromatic N) is 7. The van der Waals surface area contributed by atoms with E-state index in [1.165, 1.54) is 69.4 Å². The van der Waals surface area contributed by atoms with Crippen LogP contribution in [0.2, 0.25) is 0 Å². The molecule has 22 nitrogen and oxygen atoms in total. The Labute approximate surface area is 540 Å². The van der Waals surface area contributed by atoms with Gasteiger partial charge in [0.25, 0.3) is 0 Å². The molecule has 3 unspecified atom stereocenters. The van der Waals surface area contributed by atoms with Gasteiger partial charge in [0.1, 0.15) is 53.9 Å². The van der Waals surface area contributed by atoms with Gasteiger partial charge in [-0.1, -0.05) is 79.1 Å². The van der Waals surface area contributed by atoms with Crippen molar-refractivity contribution in [3.63, 3.8) is 0 Å². The molecule has 0 aromatic carbocycles. The zero-order valence-electron chi connectivity index (χ0n) is 55.4. The van der Waals surface area contributed by atoms with Gasteiger partial charge in [0.05, 0.1) is 12.5 Å². The first-order valence-electron chi connectivity index (χ1n) is 33.8. The average molecular weight is 1310 g/mol. The molecule has 4 aliphatic heterocycles. The van der Waals surface area contributed by atoms with Gasteiger partial charge in [-0.2, -0.15) is 13.2 Å². The minimum absolute atomic E-state index is 0.0212. The zero-order chi connectivity index (χ0) is 67.0. The monoisotopic (exact) mass is 1310 g/mol. The Hall–Kier alpha value is -5.75. The third-order valence-corrected chi connectivity index (χ3v) is 21.8. The fourth-order valence-electron chi connectivity index (χ4n) is 15.2. The summed E-state index contributed by atoms with van der Waals surface area (Å²) in [4.78, 5) is 171. The van der Waals surface area contributed by atoms with Crippen molar-refractivity contribution in [2.24, 2.45) is 29.6 Å². The second-order valence-electron chi connectivity index (χ2n) is 28.1. The molecule has 4 N–H and O–H groups in total. The second kappa shape index (κ2) is 31.5. The molecule has 0 aromatic heterocycles. The molecule has 4 heterocycles. The van der Waals surface area contributed by atoms with E-state index in [4.69, 9.17) is 11.6 Å². The molecule has 91 heavy (non-hydrogen) atoms. The number of carbonyl (C=O) groups excluding carboxylic acids is 11. The zero-order valence-corrected chi connectivity index (χ0v) is 56.1. The van der Waals surface area contributed by atoms with Crippen molar-refractivity contribution in [2.45, 2.75) is 261 Å². The molecular weight excluding hydrogens is 1200 g/mol. The van der Waals surface area contributed by atoms with E-state index in [2.05, 4.69) is 21.3 Å². The lowest BCUT2D eigenvalue weighted by molar-refractivity contribution is -0.182. The largest absolute Gasteiger partial charge is 0.393 e. The molecule has 3 saturated carbocycles. The maximum Gasteiger partial charge on any atom is 0.393 e. The van der Waals surface area contributed by atoms with Crippen molar-refractivity contribution in [1.82, 2.24) is 55.6 Å². The summed E-state index contributed by atoms with van der Waals surface area (Å²) in [6, 6.07) is -9.57. The summed E-state index contributed by atoms with van der Waals surface area (Å²) < 4.78 is 42.0. The Kier molecular flexibility index (Phi) is 25.1. The van der Waals surface area contributed by atoms with E-state index in [-0.39, 0.29) is 102 Å². The predicted molar refractivity (Wildman–Crippen MR) is 334 cm³/mol. The van der Waals surface area contributed by atoms with Crippen LogP contribution in [0.1, 0.15) is 189 Å². The van der Waals surface area contributed by atoms with Crippen LogP contribution >= 0.6 is 11.6 Å². The first-order chi connectivity index (χ1) is 42.9. The van der Waals surface area contributed by atoms with Crippen LogP contribution in [0.4, 0.5) is 13.2 Å². The molecule has 512 valence electrons. The highest BCUT2D eigenvalue weighted by molar-refractivity contribution is 6.20. The van der Waals surface area contributed by atoms with Gasteiger partial charge in [0.2, 0.25) is 65.0 Å². The van der Waals surface area contributed by atoms with Crippen molar-refractivity contribution in [3.8, 4) is 0 Å². The Balaban J connectivity index is 1.23. The molecule has 13 atom stereocenters. The fourth-order valence-corrected chi connectivity index (χ4v) is 15.8. The number of alkyl halides is 4. The normalized spacial score (nSPS) is 32.4. The number of halogens is 4. The number of likely N-dealkylation sites (N-methyl/N-ethyl adjacent to an activating group) is 4. The second-order valence-corrected chi connectivity index (χ2v) is 28.6. The van der Waals surface area contributed by atoms with Gasteiger partial charge in [-0.3, -0.25) is 52.7 Å². The van der Waals surface area contributed by atoms with E-state index in [1.54, 1.807) is 27.7 Å². The van der Waals surface area contributed by atoms with Crippen molar-refractivity contribution in [1.29, 1.82) is 0 Å². The van der Waals surface area contributed by atoms with Crippen LogP contribution in [0.15, 0.2) is 0 Å². The minimum Gasteiger partial charge on any atom is -0.351 e. The third kappa shape index (κ3) is 17.2. The van der Waals surface area contributed by atoms with Gasteiger partial charge >= 0.3 is 6.18 Å². The maximum absolute atomic E-state index is 15.4. The first kappa shape index (κ1) is 72.7. The molecule has 26 heteroatoms. The van der Waals surface area contributed by atoms with Crippen LogP contribution in [-0.2, 0) is 52.7 Å². The lowest BCUT2D eigenvalue weighted by atomic mass is 9.78. The molecule has 7 rings (SSSR count). The summed E-state index contributed by atoms with van der Waals surface area (Å²) >= 11 is 6.42. The van der Waals surface area contributed by atoms with Crippen LogP contribution < -0.4 is 21.3 Å². The SMILES string of the molecule is CC[C@H](C)[C@@H]1NC(=O)[C@H](C)N(C)C(=O)C[C@@H](C)NC(=O)[C@H](C(C)C)N(C)C(=O)C2(CCCC2)NC(=O)[C@@H]2CCCN2C(=O)[C@H](CCC2CCC(C(F)(F)F)C(Cl)C2)NC(=O)[C@H]2CCCCN2C(=O)[C@H](CC2CCCCC2)N(C)C(=O)[C@@H]2CCN2C(=O)CN(C)C1=O. The molecular formula is C65H103ClF3N11O11. The van der Waals surface area contributed by atoms with E-state index in [0.29, 0.717) is 44.9 Å². The quantitative estimate of drug-likeness (QED) is 0.228. The maximum atomic E-state index is 15.4. The number of fused-ring (bicyclic) bond motifs is 3. The molecule has 0 bridgehead atoms. The minimum atomic E-state index is -4.49. The van der Waals surface area contributed by atoms with Crippen molar-refractivity contribution in [2.75, 3.05) is 54.4 Å². The molecule has 0 radical (unpaired) electrons. The molecule has 1 spiro atoms. The average Bonchev–Trinajstić information content (AvgIpc) is 1.79. The summed E-state index contributed by atoms with van der Waals surface area (Å²) in [5.74, 6) is -8.96. The van der Waals surface area contributed by atoms with Crippen LogP contribution in [0, 0.1) is 29.6 Å². The smallest absolute Gasteiger partial charge is 0.351 e. The summed E-state index contributed by atoms with van der Waals surface area (Å²) in [6.45, 7) is 10.3. The number of hydrogen-bond donors (Lipinski definition) is 4. The van der Waals surface area contributed by atoms with Gasteiger partial charge in [-0.05, 0) is 127 Å².